The Bertz CT molecular complexity index is 473. The Hall–Kier alpha value is -0.820. The summed E-state index contributed by atoms with van der Waals surface area (Å²) in [6.07, 6.45) is 0. The Morgan fingerprint density at radius 3 is 1.80 bits per heavy atom. The number of hydrogen-bond donors (Lipinski definition) is 1. The van der Waals surface area contributed by atoms with Crippen molar-refractivity contribution in [1.29, 1.82) is 0 Å². The maximum atomic E-state index is 3.77. The predicted octanol–water partition coefficient (Wildman–Crippen LogP) is 4.94. The fraction of sp³-hybridized carbons (Fsp3) is 0.684. The molecule has 1 aromatic carbocycles. The van der Waals surface area contributed by atoms with Crippen LogP contribution in [0.4, 0.5) is 0 Å². The van der Waals surface area contributed by atoms with E-state index in [1.807, 2.05) is 0 Å². The first-order chi connectivity index (χ1) is 9.14. The highest BCUT2D eigenvalue weighted by Crippen LogP contribution is 2.72. The number of rotatable bonds is 4. The van der Waals surface area contributed by atoms with Crippen molar-refractivity contribution in [2.75, 3.05) is 6.54 Å². The van der Waals surface area contributed by atoms with Crippen molar-refractivity contribution in [3.8, 4) is 0 Å². The van der Waals surface area contributed by atoms with Crippen LogP contribution >= 0.6 is 0 Å². The van der Waals surface area contributed by atoms with Crippen LogP contribution in [-0.4, -0.2) is 6.54 Å². The molecule has 1 aliphatic rings. The Morgan fingerprint density at radius 1 is 1.00 bits per heavy atom. The molecule has 1 atom stereocenters. The van der Waals surface area contributed by atoms with Crippen LogP contribution in [0.25, 0.3) is 0 Å². The summed E-state index contributed by atoms with van der Waals surface area (Å²) in [5.41, 5.74) is 6.58. The molecule has 0 saturated heterocycles. The van der Waals surface area contributed by atoms with Crippen LogP contribution in [0.2, 0.25) is 0 Å². The van der Waals surface area contributed by atoms with E-state index in [1.54, 1.807) is 0 Å². The fourth-order valence-corrected chi connectivity index (χ4v) is 4.37. The van der Waals surface area contributed by atoms with Gasteiger partial charge in [-0.25, -0.2) is 0 Å². The minimum absolute atomic E-state index is 0.406. The molecular weight excluding hydrogens is 242 g/mol. The molecule has 1 aromatic rings. The zero-order chi connectivity index (χ0) is 15.3. The molecule has 1 nitrogen and oxygen atoms in total. The second-order valence-electron chi connectivity index (χ2n) is 7.77. The van der Waals surface area contributed by atoms with Gasteiger partial charge < -0.3 is 5.32 Å². The summed E-state index contributed by atoms with van der Waals surface area (Å²) < 4.78 is 0. The molecule has 2 rings (SSSR count). The highest BCUT2D eigenvalue weighted by molar-refractivity contribution is 5.42. The van der Waals surface area contributed by atoms with Crippen molar-refractivity contribution in [2.24, 2.45) is 16.7 Å². The zero-order valence-corrected chi connectivity index (χ0v) is 14.5. The summed E-state index contributed by atoms with van der Waals surface area (Å²) in [5.74, 6) is 0.704. The lowest BCUT2D eigenvalue weighted by molar-refractivity contribution is 0.415. The highest BCUT2D eigenvalue weighted by atomic mass is 15.0. The third-order valence-electron chi connectivity index (χ3n) is 5.94. The van der Waals surface area contributed by atoms with E-state index in [0.717, 1.165) is 6.54 Å². The second-order valence-corrected chi connectivity index (χ2v) is 7.77. The number of aryl methyl sites for hydroxylation is 3. The van der Waals surface area contributed by atoms with Crippen LogP contribution in [0, 0.1) is 37.5 Å². The SMILES string of the molecule is CCNC(c1c(C)cc(C)cc1C)C1C(C)(C)C1(C)C. The molecule has 0 heterocycles. The van der Waals surface area contributed by atoms with Crippen LogP contribution in [-0.2, 0) is 0 Å². The van der Waals surface area contributed by atoms with Crippen molar-refractivity contribution in [2.45, 2.75) is 61.4 Å². The van der Waals surface area contributed by atoms with Gasteiger partial charge in [-0.1, -0.05) is 52.3 Å². The van der Waals surface area contributed by atoms with Crippen LogP contribution in [0.15, 0.2) is 12.1 Å². The monoisotopic (exact) mass is 273 g/mol. The maximum Gasteiger partial charge on any atom is 0.0364 e. The largest absolute Gasteiger partial charge is 0.310 e. The number of hydrogen-bond acceptors (Lipinski definition) is 1. The van der Waals surface area contributed by atoms with Crippen molar-refractivity contribution in [3.63, 3.8) is 0 Å². The molecule has 20 heavy (non-hydrogen) atoms. The fourth-order valence-electron chi connectivity index (χ4n) is 4.37. The number of nitrogens with one attached hydrogen (secondary N) is 1. The molecule has 0 spiro atoms. The van der Waals surface area contributed by atoms with Crippen molar-refractivity contribution in [1.82, 2.24) is 5.32 Å². The summed E-state index contributed by atoms with van der Waals surface area (Å²) >= 11 is 0. The summed E-state index contributed by atoms with van der Waals surface area (Å²) in [7, 11) is 0. The van der Waals surface area contributed by atoms with Crippen molar-refractivity contribution in [3.05, 3.63) is 34.4 Å². The smallest absolute Gasteiger partial charge is 0.0364 e. The van der Waals surface area contributed by atoms with E-state index in [4.69, 9.17) is 0 Å². The molecule has 1 saturated carbocycles. The summed E-state index contributed by atoms with van der Waals surface area (Å²) in [6, 6.07) is 5.13. The van der Waals surface area contributed by atoms with Crippen LogP contribution in [0.3, 0.4) is 0 Å². The zero-order valence-electron chi connectivity index (χ0n) is 14.5. The van der Waals surface area contributed by atoms with Gasteiger partial charge >= 0.3 is 0 Å². The van der Waals surface area contributed by atoms with Gasteiger partial charge in [-0.3, -0.25) is 0 Å². The minimum atomic E-state index is 0.406. The molecule has 112 valence electrons. The van der Waals surface area contributed by atoms with E-state index in [9.17, 15) is 0 Å². The predicted molar refractivity (Wildman–Crippen MR) is 88.1 cm³/mol. The number of benzene rings is 1. The van der Waals surface area contributed by atoms with Gasteiger partial charge in [0.1, 0.15) is 0 Å². The summed E-state index contributed by atoms with van der Waals surface area (Å²) in [6.45, 7) is 19.6. The Kier molecular flexibility index (Phi) is 3.79. The van der Waals surface area contributed by atoms with Gasteiger partial charge in [0.15, 0.2) is 0 Å². The van der Waals surface area contributed by atoms with E-state index in [-0.39, 0.29) is 0 Å². The molecule has 0 amide bonds. The molecular formula is C19H31N. The standard InChI is InChI=1S/C19H31N/c1-9-20-16(17-18(5,6)19(17,7)8)15-13(3)10-12(2)11-14(15)4/h10-11,16-17,20H,9H2,1-8H3. The summed E-state index contributed by atoms with van der Waals surface area (Å²) in [4.78, 5) is 0. The molecule has 1 N–H and O–H groups in total. The lowest BCUT2D eigenvalue weighted by atomic mass is 9.88. The molecule has 0 aliphatic heterocycles. The molecule has 1 aliphatic carbocycles. The third-order valence-corrected chi connectivity index (χ3v) is 5.94. The average Bonchev–Trinajstić information content (AvgIpc) is 2.66. The normalized spacial score (nSPS) is 21.8. The molecule has 1 fully saturated rings. The van der Waals surface area contributed by atoms with E-state index in [0.29, 0.717) is 22.8 Å². The van der Waals surface area contributed by atoms with E-state index < -0.39 is 0 Å². The van der Waals surface area contributed by atoms with Gasteiger partial charge in [0.25, 0.3) is 0 Å². The highest BCUT2D eigenvalue weighted by Gasteiger charge is 2.67. The second kappa shape index (κ2) is 4.87. The average molecular weight is 273 g/mol. The van der Waals surface area contributed by atoms with Gasteiger partial charge in [-0.05, 0) is 60.8 Å². The van der Waals surface area contributed by atoms with Gasteiger partial charge in [-0.2, -0.15) is 0 Å². The van der Waals surface area contributed by atoms with E-state index in [1.165, 1.54) is 22.3 Å². The van der Waals surface area contributed by atoms with Gasteiger partial charge in [-0.15, -0.1) is 0 Å². The van der Waals surface area contributed by atoms with Gasteiger partial charge in [0, 0.05) is 6.04 Å². The summed E-state index contributed by atoms with van der Waals surface area (Å²) in [5, 5.41) is 3.77. The lowest BCUT2D eigenvalue weighted by Crippen LogP contribution is -2.26. The Balaban J connectivity index is 2.47. The molecule has 1 heteroatoms. The first-order valence-corrected chi connectivity index (χ1v) is 7.95. The topological polar surface area (TPSA) is 12.0 Å². The first-order valence-electron chi connectivity index (χ1n) is 7.95. The molecule has 0 aromatic heterocycles. The maximum absolute atomic E-state index is 3.77. The first kappa shape index (κ1) is 15.6. The van der Waals surface area contributed by atoms with Crippen molar-refractivity contribution >= 4 is 0 Å². The van der Waals surface area contributed by atoms with E-state index in [2.05, 4.69) is 72.8 Å². The van der Waals surface area contributed by atoms with E-state index >= 15 is 0 Å². The Labute approximate surface area is 125 Å². The van der Waals surface area contributed by atoms with Crippen LogP contribution in [0.1, 0.15) is 62.9 Å². The van der Waals surface area contributed by atoms with Crippen LogP contribution < -0.4 is 5.32 Å². The van der Waals surface area contributed by atoms with Crippen LogP contribution in [0.5, 0.6) is 0 Å². The van der Waals surface area contributed by atoms with Gasteiger partial charge in [0.2, 0.25) is 0 Å². The molecule has 1 unspecified atom stereocenters. The molecule has 0 bridgehead atoms. The van der Waals surface area contributed by atoms with Crippen molar-refractivity contribution < 1.29 is 0 Å². The lowest BCUT2D eigenvalue weighted by Gasteiger charge is -2.25. The molecule has 0 radical (unpaired) electrons. The Morgan fingerprint density at radius 2 is 1.45 bits per heavy atom. The van der Waals surface area contributed by atoms with Gasteiger partial charge in [0.05, 0.1) is 0 Å². The quantitative estimate of drug-likeness (QED) is 0.819. The minimum Gasteiger partial charge on any atom is -0.310 e. The third kappa shape index (κ3) is 2.20.